The van der Waals surface area contributed by atoms with Gasteiger partial charge in [-0.05, 0) is 55.0 Å². The van der Waals surface area contributed by atoms with Crippen LogP contribution in [0.3, 0.4) is 0 Å². The van der Waals surface area contributed by atoms with E-state index in [2.05, 4.69) is 15.5 Å². The molecule has 3 rings (SSSR count). The van der Waals surface area contributed by atoms with Crippen LogP contribution in [0.15, 0.2) is 24.3 Å². The molecule has 2 unspecified atom stereocenters. The molecule has 2 aromatic rings. The zero-order chi connectivity index (χ0) is 18.0. The first-order valence-electron chi connectivity index (χ1n) is 8.11. The van der Waals surface area contributed by atoms with Gasteiger partial charge in [0.1, 0.15) is 11.5 Å². The molecular formula is C17H20FN5O2. The third-order valence-corrected chi connectivity index (χ3v) is 3.93. The number of nitrogens with zero attached hydrogens (tertiary/aromatic N) is 5. The minimum atomic E-state index is -0.373. The Morgan fingerprint density at radius 3 is 2.64 bits per heavy atom. The largest absolute Gasteiger partial charge is 0.372 e. The molecule has 1 aromatic carbocycles. The number of ether oxygens (including phenoxy) is 1. The Kier molecular flexibility index (Phi) is 4.89. The van der Waals surface area contributed by atoms with Crippen LogP contribution in [0.5, 0.6) is 0 Å². The molecular weight excluding hydrogens is 325 g/mol. The maximum atomic E-state index is 13.5. The molecule has 0 radical (unpaired) electrons. The number of carbonyl (C=O) groups is 1. The molecule has 1 aliphatic heterocycles. The quantitative estimate of drug-likeness (QED) is 0.793. The highest BCUT2D eigenvalue weighted by molar-refractivity contribution is 6.18. The lowest BCUT2D eigenvalue weighted by Crippen LogP contribution is -2.48. The summed E-state index contributed by atoms with van der Waals surface area (Å²) in [5.74, 6) is -0.116. The molecule has 2 atom stereocenters. The van der Waals surface area contributed by atoms with Crippen LogP contribution in [0.25, 0.3) is 11.8 Å². The Morgan fingerprint density at radius 2 is 2.04 bits per heavy atom. The van der Waals surface area contributed by atoms with Gasteiger partial charge >= 0.3 is 0 Å². The number of rotatable bonds is 3. The van der Waals surface area contributed by atoms with E-state index in [4.69, 9.17) is 4.74 Å². The van der Waals surface area contributed by atoms with E-state index in [1.165, 1.54) is 16.8 Å². The zero-order valence-corrected chi connectivity index (χ0v) is 14.4. The SMILES string of the molecule is Cc1nnnn1C(=Cc1cccc(F)c1)C(=O)N1CC(C)OC(C)C1. The molecule has 25 heavy (non-hydrogen) atoms. The molecule has 2 heterocycles. The second-order valence-electron chi connectivity index (χ2n) is 6.19. The highest BCUT2D eigenvalue weighted by Gasteiger charge is 2.29. The third-order valence-electron chi connectivity index (χ3n) is 3.93. The monoisotopic (exact) mass is 345 g/mol. The topological polar surface area (TPSA) is 73.1 Å². The number of aromatic nitrogens is 4. The fourth-order valence-electron chi connectivity index (χ4n) is 2.93. The Bertz CT molecular complexity index is 794. The lowest BCUT2D eigenvalue weighted by Gasteiger charge is -2.35. The zero-order valence-electron chi connectivity index (χ0n) is 14.4. The van der Waals surface area contributed by atoms with Gasteiger partial charge in [-0.25, -0.2) is 4.39 Å². The standard InChI is InChI=1S/C17H20FN5O2/c1-11-9-22(10-12(2)25-11)17(24)16(23-13(3)19-20-21-23)8-14-5-4-6-15(18)7-14/h4-8,11-12H,9-10H2,1-3H3. The second kappa shape index (κ2) is 7.10. The van der Waals surface area contributed by atoms with E-state index >= 15 is 0 Å². The molecule has 8 heteroatoms. The summed E-state index contributed by atoms with van der Waals surface area (Å²) in [7, 11) is 0. The summed E-state index contributed by atoms with van der Waals surface area (Å²) >= 11 is 0. The number of hydrogen-bond donors (Lipinski definition) is 0. The molecule has 0 N–H and O–H groups in total. The minimum Gasteiger partial charge on any atom is -0.372 e. The van der Waals surface area contributed by atoms with Crippen LogP contribution in [0, 0.1) is 12.7 Å². The maximum Gasteiger partial charge on any atom is 0.272 e. The normalized spacial score (nSPS) is 21.4. The molecule has 1 aromatic heterocycles. The number of amides is 1. The van der Waals surface area contributed by atoms with Crippen molar-refractivity contribution < 1.29 is 13.9 Å². The average molecular weight is 345 g/mol. The van der Waals surface area contributed by atoms with Crippen LogP contribution in [-0.2, 0) is 9.53 Å². The van der Waals surface area contributed by atoms with Crippen LogP contribution in [0.4, 0.5) is 4.39 Å². The van der Waals surface area contributed by atoms with Gasteiger partial charge in [0.25, 0.3) is 5.91 Å². The first kappa shape index (κ1) is 17.2. The van der Waals surface area contributed by atoms with Crippen LogP contribution in [0.1, 0.15) is 25.2 Å². The van der Waals surface area contributed by atoms with Crippen molar-refractivity contribution in [3.8, 4) is 0 Å². The fraction of sp³-hybridized carbons (Fsp3) is 0.412. The Balaban J connectivity index is 1.99. The first-order valence-corrected chi connectivity index (χ1v) is 8.11. The molecule has 0 aliphatic carbocycles. The predicted molar refractivity (Wildman–Crippen MR) is 89.7 cm³/mol. The number of carbonyl (C=O) groups excluding carboxylic acids is 1. The van der Waals surface area contributed by atoms with Crippen molar-refractivity contribution in [2.24, 2.45) is 0 Å². The van der Waals surface area contributed by atoms with E-state index in [1.54, 1.807) is 30.0 Å². The Hall–Kier alpha value is -2.61. The van der Waals surface area contributed by atoms with Crippen molar-refractivity contribution >= 4 is 17.7 Å². The van der Waals surface area contributed by atoms with Crippen molar-refractivity contribution in [3.63, 3.8) is 0 Å². The van der Waals surface area contributed by atoms with E-state index < -0.39 is 0 Å². The van der Waals surface area contributed by atoms with Gasteiger partial charge in [-0.3, -0.25) is 4.79 Å². The van der Waals surface area contributed by atoms with Gasteiger partial charge in [0.05, 0.1) is 12.2 Å². The lowest BCUT2D eigenvalue weighted by molar-refractivity contribution is -0.137. The van der Waals surface area contributed by atoms with Crippen LogP contribution in [-0.4, -0.2) is 56.3 Å². The van der Waals surface area contributed by atoms with E-state index in [0.717, 1.165) is 0 Å². The molecule has 1 fully saturated rings. The van der Waals surface area contributed by atoms with E-state index in [0.29, 0.717) is 24.5 Å². The summed E-state index contributed by atoms with van der Waals surface area (Å²) in [4.78, 5) is 14.8. The van der Waals surface area contributed by atoms with E-state index in [9.17, 15) is 9.18 Å². The summed E-state index contributed by atoms with van der Waals surface area (Å²) in [5.41, 5.74) is 0.835. The minimum absolute atomic E-state index is 0.0573. The van der Waals surface area contributed by atoms with Crippen LogP contribution >= 0.6 is 0 Å². The molecule has 1 saturated heterocycles. The van der Waals surface area contributed by atoms with Gasteiger partial charge in [-0.1, -0.05) is 12.1 Å². The lowest BCUT2D eigenvalue weighted by atomic mass is 10.1. The number of hydrogen-bond acceptors (Lipinski definition) is 5. The summed E-state index contributed by atoms with van der Waals surface area (Å²) in [5, 5.41) is 11.4. The van der Waals surface area contributed by atoms with Crippen molar-refractivity contribution in [2.75, 3.05) is 13.1 Å². The number of halogens is 1. The Morgan fingerprint density at radius 1 is 1.32 bits per heavy atom. The Labute approximate surface area is 145 Å². The smallest absolute Gasteiger partial charge is 0.272 e. The fourth-order valence-corrected chi connectivity index (χ4v) is 2.93. The number of morpholine rings is 1. The van der Waals surface area contributed by atoms with E-state index in [1.807, 2.05) is 13.8 Å². The predicted octanol–water partition coefficient (Wildman–Crippen LogP) is 1.75. The second-order valence-corrected chi connectivity index (χ2v) is 6.19. The van der Waals surface area contributed by atoms with Crippen molar-refractivity contribution in [2.45, 2.75) is 33.0 Å². The molecule has 1 aliphatic rings. The van der Waals surface area contributed by atoms with Gasteiger partial charge < -0.3 is 9.64 Å². The van der Waals surface area contributed by atoms with Crippen molar-refractivity contribution in [3.05, 3.63) is 41.5 Å². The number of benzene rings is 1. The van der Waals surface area contributed by atoms with Gasteiger partial charge in [0.2, 0.25) is 0 Å². The van der Waals surface area contributed by atoms with Crippen molar-refractivity contribution in [1.82, 2.24) is 25.1 Å². The first-order chi connectivity index (χ1) is 11.9. The van der Waals surface area contributed by atoms with Crippen LogP contribution in [0.2, 0.25) is 0 Å². The van der Waals surface area contributed by atoms with Gasteiger partial charge in [0.15, 0.2) is 5.82 Å². The molecule has 1 amide bonds. The average Bonchev–Trinajstić information content (AvgIpc) is 2.97. The van der Waals surface area contributed by atoms with Crippen molar-refractivity contribution in [1.29, 1.82) is 0 Å². The van der Waals surface area contributed by atoms with Gasteiger partial charge in [-0.15, -0.1) is 5.10 Å². The molecule has 0 bridgehead atoms. The summed E-state index contributed by atoms with van der Waals surface area (Å²) in [6.07, 6.45) is 1.48. The summed E-state index contributed by atoms with van der Waals surface area (Å²) < 4.78 is 20.6. The summed E-state index contributed by atoms with van der Waals surface area (Å²) in [6, 6.07) is 6.03. The number of aryl methyl sites for hydroxylation is 1. The highest BCUT2D eigenvalue weighted by Crippen LogP contribution is 2.19. The molecule has 0 spiro atoms. The third kappa shape index (κ3) is 3.90. The number of tetrazole rings is 1. The maximum absolute atomic E-state index is 13.5. The molecule has 0 saturated carbocycles. The van der Waals surface area contributed by atoms with Crippen LogP contribution < -0.4 is 0 Å². The molecule has 7 nitrogen and oxygen atoms in total. The highest BCUT2D eigenvalue weighted by atomic mass is 19.1. The van der Waals surface area contributed by atoms with Gasteiger partial charge in [0, 0.05) is 13.1 Å². The summed E-state index contributed by atoms with van der Waals surface area (Å²) in [6.45, 7) is 6.51. The van der Waals surface area contributed by atoms with E-state index in [-0.39, 0.29) is 29.6 Å². The van der Waals surface area contributed by atoms with Gasteiger partial charge in [-0.2, -0.15) is 4.68 Å². The molecule has 132 valence electrons.